The van der Waals surface area contributed by atoms with Crippen molar-refractivity contribution in [1.29, 1.82) is 0 Å². The van der Waals surface area contributed by atoms with E-state index in [4.69, 9.17) is 18.1 Å². The van der Waals surface area contributed by atoms with Gasteiger partial charge in [-0.15, -0.1) is 56.7 Å². The van der Waals surface area contributed by atoms with Crippen molar-refractivity contribution >= 4 is 82.5 Å². The van der Waals surface area contributed by atoms with Crippen LogP contribution in [-0.2, 0) is 27.2 Å². The van der Waals surface area contributed by atoms with E-state index in [0.717, 1.165) is 106 Å². The van der Waals surface area contributed by atoms with E-state index in [9.17, 15) is 0 Å². The molecule has 0 aliphatic carbocycles. The summed E-state index contributed by atoms with van der Waals surface area (Å²) in [6.45, 7) is 10.1. The molecule has 5 aromatic rings. The van der Waals surface area contributed by atoms with Crippen LogP contribution in [0.15, 0.2) is 59.3 Å². The largest absolute Gasteiger partial charge is 0.363 e. The smallest absolute Gasteiger partial charge is 0.305 e. The highest BCUT2D eigenvalue weighted by molar-refractivity contribution is 7.71. The van der Waals surface area contributed by atoms with Gasteiger partial charge in [0.15, 0.2) is 0 Å². The number of unbranched alkanes of at least 4 members (excludes halogenated alkanes) is 20. The van der Waals surface area contributed by atoms with Crippen molar-refractivity contribution in [3.8, 4) is 39.0 Å². The van der Waals surface area contributed by atoms with Crippen molar-refractivity contribution in [2.45, 2.75) is 182 Å². The third-order valence-electron chi connectivity index (χ3n) is 11.6. The molecular formula is C52H78O6P2S5. The second kappa shape index (κ2) is 31.1. The van der Waals surface area contributed by atoms with E-state index < -0.39 is 15.2 Å². The van der Waals surface area contributed by atoms with Gasteiger partial charge in [0, 0.05) is 29.3 Å². The van der Waals surface area contributed by atoms with Crippen LogP contribution in [0.3, 0.4) is 0 Å². The molecule has 0 fully saturated rings. The second-order valence-corrected chi connectivity index (χ2v) is 26.1. The lowest BCUT2D eigenvalue weighted by Gasteiger charge is -2.25. The SMILES string of the molecule is CCCCCCCCOP(=O)(OCCCCCCCC)c1c(-c2ccc(-c3cccs3)s2)sc(-c2ccc(-c3cccs3)s2)c1P(=O)(OCCCCCCCC)OCCCCCCCC. The molecule has 362 valence electrons. The second-order valence-electron chi connectivity index (χ2n) is 17.1. The van der Waals surface area contributed by atoms with Gasteiger partial charge in [0.1, 0.15) is 0 Å². The van der Waals surface area contributed by atoms with Gasteiger partial charge in [0.05, 0.1) is 46.8 Å². The highest BCUT2D eigenvalue weighted by Gasteiger charge is 2.46. The van der Waals surface area contributed by atoms with Crippen LogP contribution in [-0.4, -0.2) is 26.4 Å². The molecule has 0 bridgehead atoms. The maximum atomic E-state index is 16.3. The molecule has 0 N–H and O–H groups in total. The zero-order chi connectivity index (χ0) is 46.0. The van der Waals surface area contributed by atoms with Gasteiger partial charge in [0.2, 0.25) is 0 Å². The summed E-state index contributed by atoms with van der Waals surface area (Å²) in [7, 11) is -8.29. The van der Waals surface area contributed by atoms with E-state index in [0.29, 0.717) is 10.6 Å². The predicted octanol–water partition coefficient (Wildman–Crippen LogP) is 19.8. The zero-order valence-corrected chi connectivity index (χ0v) is 45.8. The third-order valence-corrected chi connectivity index (χ3v) is 22.0. The fourth-order valence-electron chi connectivity index (χ4n) is 7.88. The standard InChI is InChI=1S/C52H78O6P2S5/c1-5-9-13-17-21-25-37-55-59(53,56-38-26-22-18-14-10-6-2)49-50(60(54,57-39-27-23-19-15-11-7-3)58-40-28-24-20-16-12-8-4)52(48-36-34-46(64-48)44-32-30-42-62-44)65-51(49)47-35-33-45(63-47)43-31-29-41-61-43/h29-36,41-42H,5-28,37-40H2,1-4H3. The molecule has 0 aliphatic heterocycles. The molecular weight excluding hydrogens is 943 g/mol. The van der Waals surface area contributed by atoms with Gasteiger partial charge in [0.25, 0.3) is 0 Å². The Labute approximate surface area is 413 Å². The van der Waals surface area contributed by atoms with E-state index in [1.807, 2.05) is 0 Å². The fourth-order valence-corrected chi connectivity index (χ4v) is 18.5. The summed E-state index contributed by atoms with van der Waals surface area (Å²) in [5.74, 6) is 0. The fraction of sp³-hybridized carbons (Fsp3) is 0.615. The van der Waals surface area contributed by atoms with E-state index >= 15 is 9.13 Å². The molecule has 0 spiro atoms. The summed E-state index contributed by atoms with van der Waals surface area (Å²) in [6.07, 6.45) is 25.8. The normalized spacial score (nSPS) is 12.2. The molecule has 0 aromatic carbocycles. The lowest BCUT2D eigenvalue weighted by Crippen LogP contribution is -2.29. The summed E-state index contributed by atoms with van der Waals surface area (Å²) < 4.78 is 59.6. The van der Waals surface area contributed by atoms with Crippen LogP contribution in [0.4, 0.5) is 0 Å². The van der Waals surface area contributed by atoms with Crippen LogP contribution >= 0.6 is 71.9 Å². The molecule has 5 heterocycles. The van der Waals surface area contributed by atoms with Crippen LogP contribution in [0.5, 0.6) is 0 Å². The Balaban J connectivity index is 1.67. The zero-order valence-electron chi connectivity index (χ0n) is 40.0. The molecule has 13 heteroatoms. The van der Waals surface area contributed by atoms with Crippen LogP contribution in [0.2, 0.25) is 0 Å². The maximum absolute atomic E-state index is 16.3. The van der Waals surface area contributed by atoms with Crippen molar-refractivity contribution in [3.05, 3.63) is 59.3 Å². The monoisotopic (exact) mass is 1020 g/mol. The summed E-state index contributed by atoms with van der Waals surface area (Å²) >= 11 is 8.29. The van der Waals surface area contributed by atoms with Crippen LogP contribution in [0.25, 0.3) is 39.0 Å². The first kappa shape index (κ1) is 54.7. The molecule has 0 aliphatic rings. The van der Waals surface area contributed by atoms with E-state index in [1.54, 1.807) is 56.7 Å². The van der Waals surface area contributed by atoms with Crippen molar-refractivity contribution in [2.24, 2.45) is 0 Å². The van der Waals surface area contributed by atoms with Gasteiger partial charge in [-0.25, -0.2) is 0 Å². The van der Waals surface area contributed by atoms with Crippen molar-refractivity contribution < 1.29 is 27.2 Å². The number of hydrogen-bond donors (Lipinski definition) is 0. The molecule has 0 saturated heterocycles. The van der Waals surface area contributed by atoms with Gasteiger partial charge in [-0.1, -0.05) is 168 Å². The summed E-state index contributed by atoms with van der Waals surface area (Å²) in [5.41, 5.74) is 0. The van der Waals surface area contributed by atoms with Gasteiger partial charge in [-0.2, -0.15) is 0 Å². The third kappa shape index (κ3) is 17.6. The topological polar surface area (TPSA) is 71.1 Å². The molecule has 6 nitrogen and oxygen atoms in total. The first-order valence-electron chi connectivity index (χ1n) is 25.1. The van der Waals surface area contributed by atoms with Gasteiger partial charge in [-0.05, 0) is 72.8 Å². The van der Waals surface area contributed by atoms with Crippen molar-refractivity contribution in [2.75, 3.05) is 26.4 Å². The van der Waals surface area contributed by atoms with Crippen LogP contribution in [0.1, 0.15) is 182 Å². The van der Waals surface area contributed by atoms with Crippen LogP contribution < -0.4 is 10.6 Å². The van der Waals surface area contributed by atoms with Crippen LogP contribution in [0, 0.1) is 0 Å². The van der Waals surface area contributed by atoms with Crippen molar-refractivity contribution in [1.82, 2.24) is 0 Å². The predicted molar refractivity (Wildman–Crippen MR) is 289 cm³/mol. The first-order chi connectivity index (χ1) is 31.9. The average Bonchev–Trinajstić information content (AvgIpc) is 4.17. The quantitative estimate of drug-likeness (QED) is 0.0290. The highest BCUT2D eigenvalue weighted by Crippen LogP contribution is 2.60. The number of rotatable bonds is 38. The number of hydrogen-bond acceptors (Lipinski definition) is 11. The summed E-state index contributed by atoms with van der Waals surface area (Å²) in [6, 6.07) is 17.0. The van der Waals surface area contributed by atoms with Crippen molar-refractivity contribution in [3.63, 3.8) is 0 Å². The Morgan fingerprint density at radius 1 is 0.354 bits per heavy atom. The molecule has 5 rings (SSSR count). The molecule has 0 unspecified atom stereocenters. The first-order valence-corrected chi connectivity index (χ1v) is 32.4. The Kier molecular flexibility index (Phi) is 26.2. The van der Waals surface area contributed by atoms with E-state index in [2.05, 4.69) is 87.0 Å². The Hall–Kier alpha value is -1.20. The molecule has 65 heavy (non-hydrogen) atoms. The van der Waals surface area contributed by atoms with E-state index in [-0.39, 0.29) is 26.4 Å². The molecule has 0 radical (unpaired) electrons. The molecule has 5 aromatic heterocycles. The molecule has 0 saturated carbocycles. The average molecular weight is 1020 g/mol. The minimum Gasteiger partial charge on any atom is -0.305 e. The lowest BCUT2D eigenvalue weighted by molar-refractivity contribution is 0.203. The van der Waals surface area contributed by atoms with Gasteiger partial charge in [-0.3, -0.25) is 9.13 Å². The summed E-state index contributed by atoms with van der Waals surface area (Å²) in [5, 5.41) is 4.97. The Bertz CT molecular complexity index is 1900. The highest BCUT2D eigenvalue weighted by atomic mass is 32.1. The lowest BCUT2D eigenvalue weighted by atomic mass is 10.1. The number of thiophene rings is 5. The minimum absolute atomic E-state index is 0.290. The maximum Gasteiger partial charge on any atom is 0.363 e. The Morgan fingerprint density at radius 3 is 0.938 bits per heavy atom. The van der Waals surface area contributed by atoms with Gasteiger partial charge < -0.3 is 18.1 Å². The van der Waals surface area contributed by atoms with E-state index in [1.165, 1.54) is 86.8 Å². The molecule has 0 amide bonds. The summed E-state index contributed by atoms with van der Waals surface area (Å²) in [4.78, 5) is 8.05. The minimum atomic E-state index is -4.14. The molecule has 0 atom stereocenters. The van der Waals surface area contributed by atoms with Gasteiger partial charge >= 0.3 is 15.2 Å². The Morgan fingerprint density at radius 2 is 0.646 bits per heavy atom.